The van der Waals surface area contributed by atoms with Crippen molar-refractivity contribution in [2.75, 3.05) is 6.54 Å². The van der Waals surface area contributed by atoms with Crippen LogP contribution in [0.3, 0.4) is 0 Å². The first-order valence-corrected chi connectivity index (χ1v) is 8.36. The van der Waals surface area contributed by atoms with Gasteiger partial charge in [0.05, 0.1) is 0 Å². The van der Waals surface area contributed by atoms with Gasteiger partial charge in [0, 0.05) is 12.5 Å². The Morgan fingerprint density at radius 1 is 1.33 bits per heavy atom. The highest BCUT2D eigenvalue weighted by Gasteiger charge is 2.38. The zero-order valence-corrected chi connectivity index (χ0v) is 14.4. The summed E-state index contributed by atoms with van der Waals surface area (Å²) in [6.07, 6.45) is 7.67. The fraction of sp³-hybridized carbons (Fsp3) is 0.882. The van der Waals surface area contributed by atoms with Crippen molar-refractivity contribution in [1.29, 1.82) is 0 Å². The quantitative estimate of drug-likeness (QED) is 0.922. The molecule has 21 heavy (non-hydrogen) atoms. The zero-order chi connectivity index (χ0) is 15.7. The lowest BCUT2D eigenvalue weighted by Gasteiger charge is -2.43. The molecule has 2 rings (SSSR count). The van der Waals surface area contributed by atoms with Crippen LogP contribution in [0, 0.1) is 16.7 Å². The smallest absolute Gasteiger partial charge is 0.138 e. The van der Waals surface area contributed by atoms with Gasteiger partial charge in [0.1, 0.15) is 12.2 Å². The van der Waals surface area contributed by atoms with E-state index in [2.05, 4.69) is 44.7 Å². The minimum absolute atomic E-state index is 0.224. The number of nitrogens with zero attached hydrogens (tertiary/aromatic N) is 3. The molecule has 0 aromatic carbocycles. The van der Waals surface area contributed by atoms with Gasteiger partial charge in [0.15, 0.2) is 0 Å². The molecule has 1 aromatic rings. The fourth-order valence-corrected chi connectivity index (χ4v) is 3.72. The van der Waals surface area contributed by atoms with Gasteiger partial charge in [0.2, 0.25) is 0 Å². The van der Waals surface area contributed by atoms with Gasteiger partial charge in [-0.25, -0.2) is 9.67 Å². The van der Waals surface area contributed by atoms with Crippen LogP contribution in [-0.4, -0.2) is 21.3 Å². The number of hydrogen-bond donors (Lipinski definition) is 1. The highest BCUT2D eigenvalue weighted by molar-refractivity contribution is 4.99. The minimum Gasteiger partial charge on any atom is -0.330 e. The van der Waals surface area contributed by atoms with Crippen molar-refractivity contribution < 1.29 is 0 Å². The van der Waals surface area contributed by atoms with Crippen LogP contribution in [0.25, 0.3) is 0 Å². The zero-order valence-electron chi connectivity index (χ0n) is 14.4. The Labute approximate surface area is 129 Å². The minimum atomic E-state index is 0.224. The molecule has 0 unspecified atom stereocenters. The first-order chi connectivity index (χ1) is 9.77. The van der Waals surface area contributed by atoms with Crippen LogP contribution in [0.15, 0.2) is 6.33 Å². The Bertz CT molecular complexity index is 448. The summed E-state index contributed by atoms with van der Waals surface area (Å²) in [6.45, 7) is 12.2. The number of hydrogen-bond acceptors (Lipinski definition) is 3. The summed E-state index contributed by atoms with van der Waals surface area (Å²) in [5.74, 6) is 1.92. The maximum atomic E-state index is 6.18. The number of rotatable bonds is 4. The Balaban J connectivity index is 2.09. The molecule has 1 heterocycles. The molecule has 0 bridgehead atoms. The van der Waals surface area contributed by atoms with Crippen LogP contribution in [0.1, 0.15) is 72.2 Å². The van der Waals surface area contributed by atoms with Crippen molar-refractivity contribution in [3.63, 3.8) is 0 Å². The Morgan fingerprint density at radius 2 is 1.95 bits per heavy atom. The molecule has 120 valence electrons. The summed E-state index contributed by atoms with van der Waals surface area (Å²) in [7, 11) is 0. The topological polar surface area (TPSA) is 56.7 Å². The SMILES string of the molecule is CC(C)n1ncnc1CC1(CN)CCC(C(C)(C)C)CC1. The molecule has 1 aliphatic rings. The lowest BCUT2D eigenvalue weighted by atomic mass is 9.63. The fourth-order valence-electron chi connectivity index (χ4n) is 3.72. The predicted molar refractivity (Wildman–Crippen MR) is 87.0 cm³/mol. The third-order valence-corrected chi connectivity index (χ3v) is 5.37. The van der Waals surface area contributed by atoms with Crippen molar-refractivity contribution in [2.24, 2.45) is 22.5 Å². The summed E-state index contributed by atoms with van der Waals surface area (Å²) in [6, 6.07) is 0.364. The molecule has 1 aromatic heterocycles. The van der Waals surface area contributed by atoms with Gasteiger partial charge in [-0.05, 0) is 62.8 Å². The molecule has 2 N–H and O–H groups in total. The van der Waals surface area contributed by atoms with E-state index in [1.807, 2.05) is 4.68 Å². The van der Waals surface area contributed by atoms with Gasteiger partial charge >= 0.3 is 0 Å². The second-order valence-corrected chi connectivity index (χ2v) is 8.24. The van der Waals surface area contributed by atoms with Crippen LogP contribution in [0.2, 0.25) is 0 Å². The van der Waals surface area contributed by atoms with E-state index < -0.39 is 0 Å². The van der Waals surface area contributed by atoms with Gasteiger partial charge < -0.3 is 5.73 Å². The average molecular weight is 292 g/mol. The normalized spacial score (nSPS) is 27.3. The van der Waals surface area contributed by atoms with E-state index in [1.165, 1.54) is 25.7 Å². The van der Waals surface area contributed by atoms with E-state index in [0.717, 1.165) is 24.7 Å². The molecular formula is C17H32N4. The molecule has 0 amide bonds. The summed E-state index contributed by atoms with van der Waals surface area (Å²) in [5.41, 5.74) is 6.82. The summed E-state index contributed by atoms with van der Waals surface area (Å²) in [4.78, 5) is 4.49. The van der Waals surface area contributed by atoms with Crippen LogP contribution >= 0.6 is 0 Å². The van der Waals surface area contributed by atoms with E-state index in [9.17, 15) is 0 Å². The molecule has 4 heteroatoms. The first-order valence-electron chi connectivity index (χ1n) is 8.36. The standard InChI is InChI=1S/C17H32N4/c1-13(2)21-15(19-12-20-21)10-17(11-18)8-6-14(7-9-17)16(3,4)5/h12-14H,6-11,18H2,1-5H3. The third kappa shape index (κ3) is 3.65. The summed E-state index contributed by atoms with van der Waals surface area (Å²) >= 11 is 0. The molecule has 4 nitrogen and oxygen atoms in total. The average Bonchev–Trinajstić information content (AvgIpc) is 2.86. The maximum absolute atomic E-state index is 6.18. The van der Waals surface area contributed by atoms with Crippen LogP contribution in [0.5, 0.6) is 0 Å². The van der Waals surface area contributed by atoms with E-state index in [4.69, 9.17) is 5.73 Å². The molecule has 0 aliphatic heterocycles. The second kappa shape index (κ2) is 6.07. The van der Waals surface area contributed by atoms with Gasteiger partial charge in [-0.3, -0.25) is 0 Å². The predicted octanol–water partition coefficient (Wildman–Crippen LogP) is 3.58. The van der Waals surface area contributed by atoms with Gasteiger partial charge in [-0.1, -0.05) is 20.8 Å². The molecule has 1 fully saturated rings. The van der Waals surface area contributed by atoms with Crippen molar-refractivity contribution in [1.82, 2.24) is 14.8 Å². The van der Waals surface area contributed by atoms with Gasteiger partial charge in [-0.2, -0.15) is 5.10 Å². The van der Waals surface area contributed by atoms with Crippen molar-refractivity contribution in [2.45, 2.75) is 72.8 Å². The molecule has 0 saturated heterocycles. The van der Waals surface area contributed by atoms with Crippen LogP contribution in [0.4, 0.5) is 0 Å². The lowest BCUT2D eigenvalue weighted by molar-refractivity contribution is 0.0901. The molecule has 0 atom stereocenters. The van der Waals surface area contributed by atoms with Crippen LogP contribution < -0.4 is 5.73 Å². The number of aromatic nitrogens is 3. The lowest BCUT2D eigenvalue weighted by Crippen LogP contribution is -2.40. The van der Waals surface area contributed by atoms with Crippen molar-refractivity contribution in [3.8, 4) is 0 Å². The third-order valence-electron chi connectivity index (χ3n) is 5.37. The van der Waals surface area contributed by atoms with E-state index >= 15 is 0 Å². The maximum Gasteiger partial charge on any atom is 0.138 e. The molecule has 1 aliphatic carbocycles. The summed E-state index contributed by atoms with van der Waals surface area (Å²) in [5, 5.41) is 4.37. The Morgan fingerprint density at radius 3 is 2.43 bits per heavy atom. The monoisotopic (exact) mass is 292 g/mol. The second-order valence-electron chi connectivity index (χ2n) is 8.24. The van der Waals surface area contributed by atoms with E-state index in [1.54, 1.807) is 6.33 Å². The molecule has 0 radical (unpaired) electrons. The Kier molecular flexibility index (Phi) is 4.76. The highest BCUT2D eigenvalue weighted by atomic mass is 15.3. The van der Waals surface area contributed by atoms with Crippen LogP contribution in [-0.2, 0) is 6.42 Å². The Hall–Kier alpha value is -0.900. The molecular weight excluding hydrogens is 260 g/mol. The summed E-state index contributed by atoms with van der Waals surface area (Å²) < 4.78 is 2.05. The number of nitrogens with two attached hydrogens (primary N) is 1. The van der Waals surface area contributed by atoms with Crippen molar-refractivity contribution in [3.05, 3.63) is 12.2 Å². The van der Waals surface area contributed by atoms with E-state index in [-0.39, 0.29) is 5.41 Å². The van der Waals surface area contributed by atoms with Crippen molar-refractivity contribution >= 4 is 0 Å². The molecule has 1 saturated carbocycles. The van der Waals surface area contributed by atoms with Gasteiger partial charge in [0.25, 0.3) is 0 Å². The first kappa shape index (κ1) is 16.5. The highest BCUT2D eigenvalue weighted by Crippen LogP contribution is 2.46. The molecule has 0 spiro atoms. The van der Waals surface area contributed by atoms with Gasteiger partial charge in [-0.15, -0.1) is 0 Å². The van der Waals surface area contributed by atoms with E-state index in [0.29, 0.717) is 11.5 Å². The largest absolute Gasteiger partial charge is 0.330 e.